The molecule has 0 bridgehead atoms. The largest absolute Gasteiger partial charge is 0.370 e. The van der Waals surface area contributed by atoms with Crippen LogP contribution in [0.25, 0.3) is 11.3 Å². The monoisotopic (exact) mass is 286 g/mol. The molecule has 1 aliphatic carbocycles. The zero-order chi connectivity index (χ0) is 13.9. The molecule has 3 rings (SSSR count). The minimum absolute atomic E-state index is 0.0466. The van der Waals surface area contributed by atoms with Crippen molar-refractivity contribution in [2.24, 2.45) is 5.92 Å². The molecule has 1 fully saturated rings. The molecule has 1 aliphatic rings. The molecule has 2 aromatic rings. The molecule has 1 saturated carbocycles. The van der Waals surface area contributed by atoms with E-state index in [2.05, 4.69) is 22.1 Å². The minimum atomic E-state index is 0.0466. The number of H-pyrrole nitrogens is 1. The molecule has 0 saturated heterocycles. The van der Waals surface area contributed by atoms with E-state index in [1.165, 1.54) is 12.8 Å². The predicted octanol–water partition coefficient (Wildman–Crippen LogP) is 4.29. The summed E-state index contributed by atoms with van der Waals surface area (Å²) in [6.45, 7) is 2.71. The van der Waals surface area contributed by atoms with Crippen molar-refractivity contribution in [3.8, 4) is 11.3 Å². The lowest BCUT2D eigenvalue weighted by Gasteiger charge is -2.16. The summed E-state index contributed by atoms with van der Waals surface area (Å²) < 4.78 is 6.47. The van der Waals surface area contributed by atoms with Gasteiger partial charge in [-0.15, -0.1) is 0 Å². The first kappa shape index (κ1) is 13.5. The van der Waals surface area contributed by atoms with Crippen LogP contribution in [-0.4, -0.2) is 16.6 Å². The molecule has 1 aromatic heterocycles. The maximum Gasteiger partial charge on any atom is 0.137 e. The normalized spacial score (nSPS) is 16.1. The van der Waals surface area contributed by atoms with Gasteiger partial charge < -0.3 is 9.72 Å². The van der Waals surface area contributed by atoms with Crippen molar-refractivity contribution in [3.05, 3.63) is 46.9 Å². The highest BCUT2D eigenvalue weighted by atomic mass is 32.1. The van der Waals surface area contributed by atoms with Crippen LogP contribution in [0.3, 0.4) is 0 Å². The van der Waals surface area contributed by atoms with Crippen molar-refractivity contribution in [3.63, 3.8) is 0 Å². The summed E-state index contributed by atoms with van der Waals surface area (Å²) in [7, 11) is 0. The van der Waals surface area contributed by atoms with Crippen molar-refractivity contribution in [1.29, 1.82) is 0 Å². The molecular weight excluding hydrogens is 268 g/mol. The number of nitrogens with one attached hydrogen (secondary N) is 1. The van der Waals surface area contributed by atoms with Gasteiger partial charge in [-0.3, -0.25) is 0 Å². The Hall–Kier alpha value is -1.52. The maximum absolute atomic E-state index is 5.86. The van der Waals surface area contributed by atoms with Gasteiger partial charge >= 0.3 is 0 Å². The zero-order valence-corrected chi connectivity index (χ0v) is 12.3. The van der Waals surface area contributed by atoms with Gasteiger partial charge in [0.25, 0.3) is 0 Å². The number of hydrogen-bond donors (Lipinski definition) is 1. The molecule has 1 heterocycles. The Morgan fingerprint density at radius 2 is 2.10 bits per heavy atom. The third kappa shape index (κ3) is 2.97. The van der Waals surface area contributed by atoms with Gasteiger partial charge in [0, 0.05) is 12.3 Å². The van der Waals surface area contributed by atoms with Gasteiger partial charge in [0.1, 0.15) is 16.6 Å². The van der Waals surface area contributed by atoms with Gasteiger partial charge in [-0.05, 0) is 37.3 Å². The molecule has 104 valence electrons. The number of benzene rings is 1. The molecular formula is C16H18N2OS. The molecule has 3 nitrogen and oxygen atoms in total. The summed E-state index contributed by atoms with van der Waals surface area (Å²) >= 11 is 5.31. The topological polar surface area (TPSA) is 37.9 Å². The Morgan fingerprint density at radius 1 is 1.35 bits per heavy atom. The van der Waals surface area contributed by atoms with E-state index in [9.17, 15) is 0 Å². The van der Waals surface area contributed by atoms with Gasteiger partial charge in [-0.25, -0.2) is 4.98 Å². The SMILES string of the molecule is CCOC(c1nc(=S)cc(-c2ccccc2)[nH]1)C1CC1. The van der Waals surface area contributed by atoms with Gasteiger partial charge in [0.15, 0.2) is 0 Å². The Balaban J connectivity index is 2.00. The number of aromatic amines is 1. The number of aromatic nitrogens is 2. The van der Waals surface area contributed by atoms with E-state index in [0.717, 1.165) is 17.1 Å². The maximum atomic E-state index is 5.86. The van der Waals surface area contributed by atoms with Crippen LogP contribution in [0.4, 0.5) is 0 Å². The second kappa shape index (κ2) is 5.85. The quantitative estimate of drug-likeness (QED) is 0.833. The summed E-state index contributed by atoms with van der Waals surface area (Å²) in [6, 6.07) is 12.1. The van der Waals surface area contributed by atoms with Crippen LogP contribution < -0.4 is 0 Å². The molecule has 1 N–H and O–H groups in total. The zero-order valence-electron chi connectivity index (χ0n) is 11.5. The van der Waals surface area contributed by atoms with E-state index in [0.29, 0.717) is 17.2 Å². The molecule has 1 atom stereocenters. The summed E-state index contributed by atoms with van der Waals surface area (Å²) in [5, 5.41) is 0. The summed E-state index contributed by atoms with van der Waals surface area (Å²) in [5.41, 5.74) is 2.12. The molecule has 1 unspecified atom stereocenters. The molecule has 0 radical (unpaired) electrons. The summed E-state index contributed by atoms with van der Waals surface area (Å²) in [6.07, 6.45) is 2.47. The summed E-state index contributed by atoms with van der Waals surface area (Å²) in [4.78, 5) is 7.88. The smallest absolute Gasteiger partial charge is 0.137 e. The Bertz CT molecular complexity index is 634. The lowest BCUT2D eigenvalue weighted by atomic mass is 10.1. The first-order valence-corrected chi connectivity index (χ1v) is 7.47. The van der Waals surface area contributed by atoms with Crippen molar-refractivity contribution >= 4 is 12.2 Å². The standard InChI is InChI=1S/C16H18N2OS/c1-2-19-15(12-8-9-12)16-17-13(10-14(20)18-16)11-6-4-3-5-7-11/h3-7,10,12,15H,2,8-9H2,1H3,(H,17,18,20). The van der Waals surface area contributed by atoms with Gasteiger partial charge in [-0.2, -0.15) is 0 Å². The molecule has 0 amide bonds. The van der Waals surface area contributed by atoms with Crippen LogP contribution in [0.5, 0.6) is 0 Å². The lowest BCUT2D eigenvalue weighted by molar-refractivity contribution is 0.0400. The van der Waals surface area contributed by atoms with Crippen LogP contribution in [0.15, 0.2) is 36.4 Å². The highest BCUT2D eigenvalue weighted by Gasteiger charge is 2.34. The van der Waals surface area contributed by atoms with E-state index in [4.69, 9.17) is 17.0 Å². The van der Waals surface area contributed by atoms with Crippen LogP contribution in [0.1, 0.15) is 31.7 Å². The van der Waals surface area contributed by atoms with Crippen LogP contribution in [0, 0.1) is 10.6 Å². The molecule has 20 heavy (non-hydrogen) atoms. The van der Waals surface area contributed by atoms with Gasteiger partial charge in [0.2, 0.25) is 0 Å². The fourth-order valence-corrected chi connectivity index (χ4v) is 2.62. The van der Waals surface area contributed by atoms with Crippen molar-refractivity contribution in [2.45, 2.75) is 25.9 Å². The number of nitrogens with zero attached hydrogens (tertiary/aromatic N) is 1. The fraction of sp³-hybridized carbons (Fsp3) is 0.375. The Labute approximate surface area is 124 Å². The van der Waals surface area contributed by atoms with Crippen molar-refractivity contribution < 1.29 is 4.74 Å². The summed E-state index contributed by atoms with van der Waals surface area (Å²) in [5.74, 6) is 1.44. The van der Waals surface area contributed by atoms with Gasteiger partial charge in [-0.1, -0.05) is 42.5 Å². The van der Waals surface area contributed by atoms with E-state index in [-0.39, 0.29) is 6.10 Å². The molecule has 1 aromatic carbocycles. The molecule has 0 aliphatic heterocycles. The molecule has 0 spiro atoms. The first-order chi connectivity index (χ1) is 9.78. The fourth-order valence-electron chi connectivity index (χ4n) is 2.40. The van der Waals surface area contributed by atoms with Gasteiger partial charge in [0.05, 0.1) is 0 Å². The molecule has 4 heteroatoms. The second-order valence-electron chi connectivity index (χ2n) is 5.10. The van der Waals surface area contributed by atoms with Crippen molar-refractivity contribution in [2.75, 3.05) is 6.61 Å². The lowest BCUT2D eigenvalue weighted by Crippen LogP contribution is -2.11. The predicted molar refractivity (Wildman–Crippen MR) is 81.9 cm³/mol. The van der Waals surface area contributed by atoms with E-state index < -0.39 is 0 Å². The van der Waals surface area contributed by atoms with E-state index in [1.54, 1.807) is 0 Å². The minimum Gasteiger partial charge on any atom is -0.370 e. The Kier molecular flexibility index (Phi) is 3.94. The average molecular weight is 286 g/mol. The number of hydrogen-bond acceptors (Lipinski definition) is 3. The van der Waals surface area contributed by atoms with Crippen molar-refractivity contribution in [1.82, 2.24) is 9.97 Å². The van der Waals surface area contributed by atoms with Crippen LogP contribution >= 0.6 is 12.2 Å². The third-order valence-electron chi connectivity index (χ3n) is 3.51. The number of rotatable bonds is 5. The van der Waals surface area contributed by atoms with Crippen LogP contribution in [0.2, 0.25) is 0 Å². The van der Waals surface area contributed by atoms with E-state index >= 15 is 0 Å². The average Bonchev–Trinajstić information content (AvgIpc) is 3.29. The highest BCUT2D eigenvalue weighted by Crippen LogP contribution is 2.42. The number of ether oxygens (including phenoxy) is 1. The first-order valence-electron chi connectivity index (χ1n) is 7.06. The second-order valence-corrected chi connectivity index (χ2v) is 5.52. The van der Waals surface area contributed by atoms with E-state index in [1.807, 2.05) is 31.2 Å². The Morgan fingerprint density at radius 3 is 2.75 bits per heavy atom. The van der Waals surface area contributed by atoms with Crippen LogP contribution in [-0.2, 0) is 4.74 Å². The highest BCUT2D eigenvalue weighted by molar-refractivity contribution is 7.71. The third-order valence-corrected chi connectivity index (χ3v) is 3.72.